The summed E-state index contributed by atoms with van der Waals surface area (Å²) < 4.78 is 2.20. The summed E-state index contributed by atoms with van der Waals surface area (Å²) in [7, 11) is 2.11. The molecule has 0 bridgehead atoms. The minimum Gasteiger partial charge on any atom is -0.317 e. The van der Waals surface area contributed by atoms with E-state index in [2.05, 4.69) is 39.0 Å². The normalized spacial score (nSPS) is 23.6. The number of hydrogen-bond acceptors (Lipinski definition) is 4. The third kappa shape index (κ3) is 3.60. The lowest BCUT2D eigenvalue weighted by atomic mass is 10.2. The van der Waals surface area contributed by atoms with E-state index in [1.54, 1.807) is 0 Å². The second-order valence-electron chi connectivity index (χ2n) is 5.33. The summed E-state index contributed by atoms with van der Waals surface area (Å²) in [6.07, 6.45) is 2.58. The summed E-state index contributed by atoms with van der Waals surface area (Å²) in [4.78, 5) is 2.48. The first-order chi connectivity index (χ1) is 8.25. The van der Waals surface area contributed by atoms with Crippen molar-refractivity contribution in [3.05, 3.63) is 11.6 Å². The van der Waals surface area contributed by atoms with Crippen molar-refractivity contribution in [1.82, 2.24) is 25.0 Å². The van der Waals surface area contributed by atoms with Crippen LogP contribution in [0.1, 0.15) is 37.3 Å². The van der Waals surface area contributed by atoms with E-state index in [9.17, 15) is 0 Å². The Labute approximate surface area is 127 Å². The molecule has 1 aliphatic heterocycles. The van der Waals surface area contributed by atoms with Gasteiger partial charge in [-0.3, -0.25) is 4.90 Å². The molecule has 0 aromatic carbocycles. The zero-order valence-electron chi connectivity index (χ0n) is 11.5. The second-order valence-corrected chi connectivity index (χ2v) is 5.33. The molecule has 1 saturated carbocycles. The van der Waals surface area contributed by atoms with Crippen LogP contribution in [-0.2, 0) is 13.6 Å². The lowest BCUT2D eigenvalue weighted by Crippen LogP contribution is -2.49. The summed E-state index contributed by atoms with van der Waals surface area (Å²) >= 11 is 0. The molecule has 1 saturated heterocycles. The molecule has 1 aromatic rings. The molecule has 0 unspecified atom stereocenters. The van der Waals surface area contributed by atoms with Crippen LogP contribution < -0.4 is 5.32 Å². The molecular weight excluding hydrogens is 285 g/mol. The first kappa shape index (κ1) is 16.7. The maximum Gasteiger partial charge on any atom is 0.146 e. The highest BCUT2D eigenvalue weighted by molar-refractivity contribution is 5.85. The van der Waals surface area contributed by atoms with Crippen molar-refractivity contribution in [2.75, 3.05) is 19.6 Å². The molecule has 1 N–H and O–H groups in total. The lowest BCUT2D eigenvalue weighted by Gasteiger charge is -2.33. The van der Waals surface area contributed by atoms with Gasteiger partial charge in [0.1, 0.15) is 11.6 Å². The van der Waals surface area contributed by atoms with E-state index in [-0.39, 0.29) is 24.8 Å². The van der Waals surface area contributed by atoms with Gasteiger partial charge < -0.3 is 9.88 Å². The maximum atomic E-state index is 4.36. The summed E-state index contributed by atoms with van der Waals surface area (Å²) in [5, 5.41) is 12.1. The maximum absolute atomic E-state index is 4.36. The molecule has 110 valence electrons. The molecule has 19 heavy (non-hydrogen) atoms. The average Bonchev–Trinajstić information content (AvgIpc) is 3.09. The Bertz CT molecular complexity index is 405. The predicted octanol–water partition coefficient (Wildman–Crippen LogP) is 1.33. The fourth-order valence-electron chi connectivity index (χ4n) is 2.51. The predicted molar refractivity (Wildman–Crippen MR) is 80.2 cm³/mol. The van der Waals surface area contributed by atoms with Gasteiger partial charge in [0.15, 0.2) is 0 Å². The lowest BCUT2D eigenvalue weighted by molar-refractivity contribution is 0.160. The first-order valence-electron chi connectivity index (χ1n) is 6.58. The number of nitrogens with zero attached hydrogens (tertiary/aromatic N) is 4. The molecule has 7 heteroatoms. The van der Waals surface area contributed by atoms with Crippen molar-refractivity contribution in [3.63, 3.8) is 0 Å². The summed E-state index contributed by atoms with van der Waals surface area (Å²) in [5.74, 6) is 2.98. The Morgan fingerprint density at radius 2 is 2.00 bits per heavy atom. The van der Waals surface area contributed by atoms with Crippen LogP contribution in [0.4, 0.5) is 0 Å². The monoisotopic (exact) mass is 307 g/mol. The highest BCUT2D eigenvalue weighted by Gasteiger charge is 2.29. The third-order valence-corrected chi connectivity index (χ3v) is 3.92. The van der Waals surface area contributed by atoms with E-state index in [1.807, 2.05) is 0 Å². The largest absolute Gasteiger partial charge is 0.317 e. The molecule has 2 aliphatic rings. The minimum atomic E-state index is 0. The van der Waals surface area contributed by atoms with Crippen LogP contribution in [0.2, 0.25) is 0 Å². The Hall–Kier alpha value is -0.360. The van der Waals surface area contributed by atoms with Crippen molar-refractivity contribution in [1.29, 1.82) is 0 Å². The van der Waals surface area contributed by atoms with Crippen LogP contribution in [0.3, 0.4) is 0 Å². The molecule has 3 rings (SSSR count). The molecule has 0 radical (unpaired) electrons. The van der Waals surface area contributed by atoms with Crippen LogP contribution in [0.25, 0.3) is 0 Å². The van der Waals surface area contributed by atoms with Crippen molar-refractivity contribution < 1.29 is 0 Å². The van der Waals surface area contributed by atoms with Gasteiger partial charge in [-0.15, -0.1) is 35.0 Å². The smallest absolute Gasteiger partial charge is 0.146 e. The third-order valence-electron chi connectivity index (χ3n) is 3.92. The molecule has 0 spiro atoms. The number of piperazine rings is 1. The van der Waals surface area contributed by atoms with Gasteiger partial charge in [0.25, 0.3) is 0 Å². The Kier molecular flexibility index (Phi) is 6.05. The van der Waals surface area contributed by atoms with Crippen LogP contribution in [0.15, 0.2) is 0 Å². The number of nitrogens with one attached hydrogen (secondary N) is 1. The molecule has 1 aliphatic carbocycles. The quantitative estimate of drug-likeness (QED) is 0.915. The second kappa shape index (κ2) is 6.88. The van der Waals surface area contributed by atoms with Gasteiger partial charge in [-0.1, -0.05) is 0 Å². The molecule has 2 fully saturated rings. The van der Waals surface area contributed by atoms with E-state index < -0.39 is 0 Å². The van der Waals surface area contributed by atoms with Gasteiger partial charge in [0.05, 0.1) is 6.54 Å². The minimum absolute atomic E-state index is 0. The molecular formula is C12H23Cl2N5. The van der Waals surface area contributed by atoms with Crippen LogP contribution in [0, 0.1) is 0 Å². The zero-order valence-corrected chi connectivity index (χ0v) is 13.1. The fourth-order valence-corrected chi connectivity index (χ4v) is 2.51. The fraction of sp³-hybridized carbons (Fsp3) is 0.833. The summed E-state index contributed by atoms with van der Waals surface area (Å²) in [6.45, 7) is 6.46. The molecule has 0 amide bonds. The van der Waals surface area contributed by atoms with E-state index >= 15 is 0 Å². The number of halogens is 2. The van der Waals surface area contributed by atoms with E-state index in [0.29, 0.717) is 12.0 Å². The van der Waals surface area contributed by atoms with E-state index in [1.165, 1.54) is 18.7 Å². The Morgan fingerprint density at radius 3 is 2.63 bits per heavy atom. The van der Waals surface area contributed by atoms with Gasteiger partial charge >= 0.3 is 0 Å². The Balaban J connectivity index is 0.000000902. The molecule has 5 nitrogen and oxygen atoms in total. The highest BCUT2D eigenvalue weighted by Crippen LogP contribution is 2.38. The zero-order chi connectivity index (χ0) is 11.8. The Morgan fingerprint density at radius 1 is 1.26 bits per heavy atom. The number of hydrogen-bond donors (Lipinski definition) is 1. The van der Waals surface area contributed by atoms with Crippen molar-refractivity contribution in [3.8, 4) is 0 Å². The standard InChI is InChI=1S/C12H21N5.2ClH/c1-9-7-13-5-6-17(9)8-11-14-15-12(16(11)2)10-3-4-10;;/h9-10,13H,3-8H2,1-2H3;2*1H/t9-;;/m1../s1. The molecule has 1 atom stereocenters. The average molecular weight is 308 g/mol. The highest BCUT2D eigenvalue weighted by atomic mass is 35.5. The topological polar surface area (TPSA) is 46.0 Å². The SMILES string of the molecule is C[C@@H]1CNCCN1Cc1nnc(C2CC2)n1C.Cl.Cl. The van der Waals surface area contributed by atoms with Gasteiger partial charge in [0, 0.05) is 38.6 Å². The van der Waals surface area contributed by atoms with Crippen LogP contribution in [0.5, 0.6) is 0 Å². The van der Waals surface area contributed by atoms with Crippen molar-refractivity contribution in [2.24, 2.45) is 7.05 Å². The molecule has 1 aromatic heterocycles. The number of rotatable bonds is 3. The summed E-state index contributed by atoms with van der Waals surface area (Å²) in [5.41, 5.74) is 0. The van der Waals surface area contributed by atoms with E-state index in [4.69, 9.17) is 0 Å². The van der Waals surface area contributed by atoms with Crippen LogP contribution >= 0.6 is 24.8 Å². The first-order valence-corrected chi connectivity index (χ1v) is 6.58. The van der Waals surface area contributed by atoms with Gasteiger partial charge in [-0.2, -0.15) is 0 Å². The van der Waals surface area contributed by atoms with Gasteiger partial charge in [-0.05, 0) is 19.8 Å². The summed E-state index contributed by atoms with van der Waals surface area (Å²) in [6, 6.07) is 0.588. The number of aromatic nitrogens is 3. The van der Waals surface area contributed by atoms with E-state index in [0.717, 1.165) is 32.0 Å². The van der Waals surface area contributed by atoms with Gasteiger partial charge in [0.2, 0.25) is 0 Å². The van der Waals surface area contributed by atoms with Crippen molar-refractivity contribution >= 4 is 24.8 Å². The molecule has 2 heterocycles. The van der Waals surface area contributed by atoms with Gasteiger partial charge in [-0.25, -0.2) is 0 Å². The van der Waals surface area contributed by atoms with Crippen molar-refractivity contribution in [2.45, 2.75) is 38.3 Å². The van der Waals surface area contributed by atoms with Crippen LogP contribution in [-0.4, -0.2) is 45.3 Å².